The largest absolute Gasteiger partial charge is 0.382 e. The Morgan fingerprint density at radius 3 is 2.50 bits per heavy atom. The summed E-state index contributed by atoms with van der Waals surface area (Å²) in [5.74, 6) is -0.0355. The summed E-state index contributed by atoms with van der Waals surface area (Å²) in [6.07, 6.45) is 4.96. The molecule has 1 aromatic carbocycles. The van der Waals surface area contributed by atoms with Gasteiger partial charge in [0, 0.05) is 31.5 Å². The van der Waals surface area contributed by atoms with Gasteiger partial charge in [-0.15, -0.1) is 0 Å². The van der Waals surface area contributed by atoms with E-state index in [1.54, 1.807) is 7.11 Å². The molecule has 0 spiro atoms. The van der Waals surface area contributed by atoms with E-state index in [1.165, 1.54) is 6.92 Å². The molecule has 0 saturated heterocycles. The summed E-state index contributed by atoms with van der Waals surface area (Å²) in [7, 11) is 1.79. The molecule has 1 saturated carbocycles. The zero-order chi connectivity index (χ0) is 14.5. The number of amides is 1. The number of nitrogens with one attached hydrogen (secondary N) is 2. The van der Waals surface area contributed by atoms with E-state index in [-0.39, 0.29) is 5.91 Å². The van der Waals surface area contributed by atoms with Crippen molar-refractivity contribution in [1.82, 2.24) is 0 Å². The smallest absolute Gasteiger partial charge is 0.221 e. The first-order valence-electron chi connectivity index (χ1n) is 7.26. The number of rotatable bonds is 4. The number of ether oxygens (including phenoxy) is 1. The Labute approximate surface area is 120 Å². The number of carbonyl (C=O) groups is 1. The monoisotopic (exact) mass is 276 g/mol. The van der Waals surface area contributed by atoms with Crippen LogP contribution < -0.4 is 10.6 Å². The number of methoxy groups -OCH3 is 1. The Balaban J connectivity index is 1.93. The molecule has 0 aliphatic heterocycles. The average Bonchev–Trinajstić information content (AvgIpc) is 2.42. The van der Waals surface area contributed by atoms with Crippen molar-refractivity contribution in [3.05, 3.63) is 23.8 Å². The second kappa shape index (κ2) is 6.75. The summed E-state index contributed by atoms with van der Waals surface area (Å²) in [5.41, 5.74) is 3.08. The van der Waals surface area contributed by atoms with Gasteiger partial charge in [0.1, 0.15) is 0 Å². The van der Waals surface area contributed by atoms with E-state index in [9.17, 15) is 4.79 Å². The summed E-state index contributed by atoms with van der Waals surface area (Å²) < 4.78 is 5.39. The summed E-state index contributed by atoms with van der Waals surface area (Å²) in [4.78, 5) is 11.1. The van der Waals surface area contributed by atoms with Crippen molar-refractivity contribution in [2.75, 3.05) is 17.7 Å². The van der Waals surface area contributed by atoms with Crippen LogP contribution in [0.5, 0.6) is 0 Å². The summed E-state index contributed by atoms with van der Waals surface area (Å²) in [6.45, 7) is 3.54. The highest BCUT2D eigenvalue weighted by molar-refractivity contribution is 5.89. The molecular weight excluding hydrogens is 252 g/mol. The number of hydrogen-bond acceptors (Lipinski definition) is 3. The van der Waals surface area contributed by atoms with Crippen LogP contribution in [0.3, 0.4) is 0 Å². The van der Waals surface area contributed by atoms with E-state index >= 15 is 0 Å². The number of carbonyl (C=O) groups excluding carboxylic acids is 1. The van der Waals surface area contributed by atoms with Gasteiger partial charge in [0.2, 0.25) is 5.91 Å². The fourth-order valence-corrected chi connectivity index (χ4v) is 2.76. The molecular formula is C16H24N2O2. The van der Waals surface area contributed by atoms with Crippen LogP contribution in [0.2, 0.25) is 0 Å². The third-order valence-corrected chi connectivity index (χ3v) is 3.92. The number of aryl methyl sites for hydroxylation is 1. The van der Waals surface area contributed by atoms with E-state index < -0.39 is 0 Å². The molecule has 1 aliphatic carbocycles. The minimum Gasteiger partial charge on any atom is -0.382 e. The molecule has 0 heterocycles. The van der Waals surface area contributed by atoms with Crippen molar-refractivity contribution in [1.29, 1.82) is 0 Å². The fourth-order valence-electron chi connectivity index (χ4n) is 2.76. The maximum atomic E-state index is 11.1. The normalized spacial score (nSPS) is 22.4. The van der Waals surface area contributed by atoms with Gasteiger partial charge in [0.25, 0.3) is 0 Å². The lowest BCUT2D eigenvalue weighted by molar-refractivity contribution is -0.114. The van der Waals surface area contributed by atoms with Gasteiger partial charge in [-0.1, -0.05) is 0 Å². The molecule has 0 unspecified atom stereocenters. The molecule has 1 fully saturated rings. The van der Waals surface area contributed by atoms with Crippen LogP contribution in [0, 0.1) is 6.92 Å². The lowest BCUT2D eigenvalue weighted by Gasteiger charge is -2.29. The second-order valence-corrected chi connectivity index (χ2v) is 5.56. The van der Waals surface area contributed by atoms with Crippen LogP contribution in [-0.4, -0.2) is 25.2 Å². The molecule has 1 aromatic rings. The highest BCUT2D eigenvalue weighted by Gasteiger charge is 2.20. The van der Waals surface area contributed by atoms with Crippen molar-refractivity contribution >= 4 is 17.3 Å². The molecule has 0 aromatic heterocycles. The molecule has 2 N–H and O–H groups in total. The van der Waals surface area contributed by atoms with Crippen LogP contribution in [-0.2, 0) is 9.53 Å². The van der Waals surface area contributed by atoms with Gasteiger partial charge in [-0.05, 0) is 56.4 Å². The van der Waals surface area contributed by atoms with E-state index in [0.717, 1.165) is 42.6 Å². The maximum absolute atomic E-state index is 11.1. The molecule has 1 aliphatic rings. The van der Waals surface area contributed by atoms with Crippen molar-refractivity contribution in [2.24, 2.45) is 0 Å². The van der Waals surface area contributed by atoms with Gasteiger partial charge >= 0.3 is 0 Å². The van der Waals surface area contributed by atoms with Gasteiger partial charge in [0.05, 0.1) is 6.10 Å². The van der Waals surface area contributed by atoms with Crippen molar-refractivity contribution in [2.45, 2.75) is 51.7 Å². The molecule has 0 atom stereocenters. The Hall–Kier alpha value is -1.55. The minimum atomic E-state index is -0.0355. The predicted octanol–water partition coefficient (Wildman–Crippen LogP) is 3.32. The lowest BCUT2D eigenvalue weighted by atomic mass is 9.92. The maximum Gasteiger partial charge on any atom is 0.221 e. The van der Waals surface area contributed by atoms with Crippen LogP contribution in [0.4, 0.5) is 11.4 Å². The number of hydrogen-bond donors (Lipinski definition) is 2. The van der Waals surface area contributed by atoms with E-state index in [2.05, 4.69) is 16.7 Å². The first-order chi connectivity index (χ1) is 9.58. The highest BCUT2D eigenvalue weighted by Crippen LogP contribution is 2.25. The lowest BCUT2D eigenvalue weighted by Crippen LogP contribution is -2.29. The topological polar surface area (TPSA) is 50.4 Å². The summed E-state index contributed by atoms with van der Waals surface area (Å²) in [5, 5.41) is 6.41. The predicted molar refractivity (Wildman–Crippen MR) is 82.2 cm³/mol. The number of anilines is 2. The van der Waals surface area contributed by atoms with Gasteiger partial charge in [-0.3, -0.25) is 4.79 Å². The SMILES string of the molecule is COC1CCC(Nc2ccc(NC(C)=O)c(C)c2)CC1. The first kappa shape index (κ1) is 14.9. The van der Waals surface area contributed by atoms with Gasteiger partial charge in [-0.2, -0.15) is 0 Å². The summed E-state index contributed by atoms with van der Waals surface area (Å²) >= 11 is 0. The third-order valence-electron chi connectivity index (χ3n) is 3.92. The third kappa shape index (κ3) is 3.97. The van der Waals surface area contributed by atoms with Crippen LogP contribution >= 0.6 is 0 Å². The van der Waals surface area contributed by atoms with Gasteiger partial charge in [-0.25, -0.2) is 0 Å². The highest BCUT2D eigenvalue weighted by atomic mass is 16.5. The molecule has 2 rings (SSSR count). The summed E-state index contributed by atoms with van der Waals surface area (Å²) in [6, 6.07) is 6.60. The van der Waals surface area contributed by atoms with E-state index in [4.69, 9.17) is 4.74 Å². The van der Waals surface area contributed by atoms with E-state index in [0.29, 0.717) is 12.1 Å². The van der Waals surface area contributed by atoms with Crippen molar-refractivity contribution in [3.8, 4) is 0 Å². The Morgan fingerprint density at radius 1 is 1.25 bits per heavy atom. The molecule has 110 valence electrons. The zero-order valence-electron chi connectivity index (χ0n) is 12.5. The molecule has 20 heavy (non-hydrogen) atoms. The zero-order valence-corrected chi connectivity index (χ0v) is 12.5. The second-order valence-electron chi connectivity index (χ2n) is 5.56. The Morgan fingerprint density at radius 2 is 1.95 bits per heavy atom. The van der Waals surface area contributed by atoms with Gasteiger partial charge in [0.15, 0.2) is 0 Å². The van der Waals surface area contributed by atoms with Crippen LogP contribution in [0.25, 0.3) is 0 Å². The van der Waals surface area contributed by atoms with Crippen LogP contribution in [0.1, 0.15) is 38.2 Å². The molecule has 0 bridgehead atoms. The molecule has 4 heteroatoms. The van der Waals surface area contributed by atoms with Crippen molar-refractivity contribution < 1.29 is 9.53 Å². The molecule has 4 nitrogen and oxygen atoms in total. The Bertz CT molecular complexity index is 466. The van der Waals surface area contributed by atoms with Crippen molar-refractivity contribution in [3.63, 3.8) is 0 Å². The first-order valence-corrected chi connectivity index (χ1v) is 7.26. The van der Waals surface area contributed by atoms with E-state index in [1.807, 2.05) is 19.1 Å². The quantitative estimate of drug-likeness (QED) is 0.887. The molecule has 0 radical (unpaired) electrons. The standard InChI is InChI=1S/C16H24N2O2/c1-11-10-14(6-9-16(11)17-12(2)19)18-13-4-7-15(20-3)8-5-13/h6,9-10,13,15,18H,4-5,7-8H2,1-3H3,(H,17,19). The average molecular weight is 276 g/mol. The number of benzene rings is 1. The molecule has 1 amide bonds. The van der Waals surface area contributed by atoms with Gasteiger partial charge < -0.3 is 15.4 Å². The minimum absolute atomic E-state index is 0.0355. The Kier molecular flexibility index (Phi) is 5.01. The fraction of sp³-hybridized carbons (Fsp3) is 0.562. The van der Waals surface area contributed by atoms with Crippen LogP contribution in [0.15, 0.2) is 18.2 Å².